The van der Waals surface area contributed by atoms with Crippen molar-refractivity contribution in [2.45, 2.75) is 6.92 Å². The minimum Gasteiger partial charge on any atom is -0.384 e. The highest BCUT2D eigenvalue weighted by molar-refractivity contribution is 9.10. The van der Waals surface area contributed by atoms with E-state index in [1.54, 1.807) is 0 Å². The molecular weight excluding hydrogens is 240 g/mol. The predicted molar refractivity (Wildman–Crippen MR) is 65.9 cm³/mol. The number of nitrogens with one attached hydrogen (secondary N) is 1. The summed E-state index contributed by atoms with van der Waals surface area (Å²) in [6, 6.07) is 6.34. The van der Waals surface area contributed by atoms with Gasteiger partial charge in [-0.2, -0.15) is 0 Å². The van der Waals surface area contributed by atoms with Crippen LogP contribution in [0.1, 0.15) is 5.56 Å². The molecule has 78 valence electrons. The van der Waals surface area contributed by atoms with E-state index in [4.69, 9.17) is 0 Å². The van der Waals surface area contributed by atoms with Crippen LogP contribution in [0.15, 0.2) is 22.7 Å². The Bertz CT molecular complexity index is 297. The number of rotatable bonds is 4. The molecule has 0 saturated heterocycles. The summed E-state index contributed by atoms with van der Waals surface area (Å²) in [6.45, 7) is 4.11. The third-order valence-electron chi connectivity index (χ3n) is 2.06. The van der Waals surface area contributed by atoms with Crippen molar-refractivity contribution in [3.63, 3.8) is 0 Å². The molecule has 0 fully saturated rings. The first-order chi connectivity index (χ1) is 6.59. The van der Waals surface area contributed by atoms with Gasteiger partial charge in [-0.3, -0.25) is 0 Å². The van der Waals surface area contributed by atoms with Crippen LogP contribution in [0.4, 0.5) is 5.69 Å². The standard InChI is InChI=1S/C11H17BrN2/c1-9-4-5-10(8-11(9)12)13-6-7-14(2)3/h4-5,8,13H,6-7H2,1-3H3. The van der Waals surface area contributed by atoms with Crippen LogP contribution in [0.25, 0.3) is 0 Å². The Hall–Kier alpha value is -0.540. The fourth-order valence-electron chi connectivity index (χ4n) is 1.13. The number of likely N-dealkylation sites (N-methyl/N-ethyl adjacent to an activating group) is 1. The van der Waals surface area contributed by atoms with Crippen molar-refractivity contribution in [2.75, 3.05) is 32.5 Å². The van der Waals surface area contributed by atoms with Crippen LogP contribution in [0.2, 0.25) is 0 Å². The number of hydrogen-bond donors (Lipinski definition) is 1. The quantitative estimate of drug-likeness (QED) is 0.892. The Morgan fingerprint density at radius 2 is 2.07 bits per heavy atom. The number of nitrogens with zero attached hydrogens (tertiary/aromatic N) is 1. The van der Waals surface area contributed by atoms with Gasteiger partial charge in [0, 0.05) is 23.2 Å². The van der Waals surface area contributed by atoms with Crippen LogP contribution in [-0.4, -0.2) is 32.1 Å². The first kappa shape index (κ1) is 11.5. The molecule has 2 nitrogen and oxygen atoms in total. The summed E-state index contributed by atoms with van der Waals surface area (Å²) in [5.41, 5.74) is 2.44. The van der Waals surface area contributed by atoms with Crippen molar-refractivity contribution >= 4 is 21.6 Å². The molecule has 0 atom stereocenters. The molecule has 1 rings (SSSR count). The lowest BCUT2D eigenvalue weighted by molar-refractivity contribution is 0.425. The first-order valence-electron chi connectivity index (χ1n) is 4.74. The molecule has 0 spiro atoms. The molecular formula is C11H17BrN2. The first-order valence-corrected chi connectivity index (χ1v) is 5.53. The molecule has 1 aromatic rings. The minimum atomic E-state index is 0.975. The zero-order chi connectivity index (χ0) is 10.6. The molecule has 1 N–H and O–H groups in total. The lowest BCUT2D eigenvalue weighted by Crippen LogP contribution is -2.20. The summed E-state index contributed by atoms with van der Waals surface area (Å²) in [5.74, 6) is 0. The molecule has 3 heteroatoms. The average Bonchev–Trinajstić information content (AvgIpc) is 2.10. The van der Waals surface area contributed by atoms with Gasteiger partial charge in [0.05, 0.1) is 0 Å². The van der Waals surface area contributed by atoms with Crippen LogP contribution in [0, 0.1) is 6.92 Å². The van der Waals surface area contributed by atoms with Gasteiger partial charge >= 0.3 is 0 Å². The van der Waals surface area contributed by atoms with Crippen molar-refractivity contribution in [1.82, 2.24) is 4.90 Å². The van der Waals surface area contributed by atoms with Gasteiger partial charge in [-0.15, -0.1) is 0 Å². The van der Waals surface area contributed by atoms with E-state index in [1.807, 2.05) is 0 Å². The van der Waals surface area contributed by atoms with Gasteiger partial charge in [-0.1, -0.05) is 22.0 Å². The van der Waals surface area contributed by atoms with Gasteiger partial charge in [0.15, 0.2) is 0 Å². The van der Waals surface area contributed by atoms with Crippen LogP contribution in [0.5, 0.6) is 0 Å². The van der Waals surface area contributed by atoms with Gasteiger partial charge in [0.1, 0.15) is 0 Å². The average molecular weight is 257 g/mol. The highest BCUT2D eigenvalue weighted by Crippen LogP contribution is 2.20. The summed E-state index contributed by atoms with van der Waals surface area (Å²) in [5, 5.41) is 3.37. The van der Waals surface area contributed by atoms with Gasteiger partial charge in [0.25, 0.3) is 0 Å². The van der Waals surface area contributed by atoms with Crippen LogP contribution in [0.3, 0.4) is 0 Å². The minimum absolute atomic E-state index is 0.975. The summed E-state index contributed by atoms with van der Waals surface area (Å²) >= 11 is 3.52. The summed E-state index contributed by atoms with van der Waals surface area (Å²) in [4.78, 5) is 2.16. The summed E-state index contributed by atoms with van der Waals surface area (Å²) in [7, 11) is 4.15. The van der Waals surface area contributed by atoms with E-state index in [0.29, 0.717) is 0 Å². The lowest BCUT2D eigenvalue weighted by atomic mass is 10.2. The Morgan fingerprint density at radius 1 is 1.36 bits per heavy atom. The number of halogens is 1. The van der Waals surface area contributed by atoms with Crippen LogP contribution >= 0.6 is 15.9 Å². The molecule has 0 radical (unpaired) electrons. The van der Waals surface area contributed by atoms with E-state index in [0.717, 1.165) is 17.6 Å². The Balaban J connectivity index is 2.47. The molecule has 0 unspecified atom stereocenters. The lowest BCUT2D eigenvalue weighted by Gasteiger charge is -2.11. The summed E-state index contributed by atoms with van der Waals surface area (Å²) in [6.07, 6.45) is 0. The molecule has 0 aromatic heterocycles. The van der Waals surface area contributed by atoms with Gasteiger partial charge < -0.3 is 10.2 Å². The number of anilines is 1. The third-order valence-corrected chi connectivity index (χ3v) is 2.91. The van der Waals surface area contributed by atoms with E-state index in [-0.39, 0.29) is 0 Å². The largest absolute Gasteiger partial charge is 0.384 e. The van der Waals surface area contributed by atoms with Gasteiger partial charge in [0.2, 0.25) is 0 Å². The van der Waals surface area contributed by atoms with Crippen LogP contribution < -0.4 is 5.32 Å². The Labute approximate surface area is 94.4 Å². The van der Waals surface area contributed by atoms with Gasteiger partial charge in [-0.05, 0) is 38.7 Å². The molecule has 0 aliphatic carbocycles. The van der Waals surface area contributed by atoms with Crippen LogP contribution in [-0.2, 0) is 0 Å². The molecule has 0 bridgehead atoms. The normalized spacial score (nSPS) is 10.6. The van der Waals surface area contributed by atoms with Gasteiger partial charge in [-0.25, -0.2) is 0 Å². The fraction of sp³-hybridized carbons (Fsp3) is 0.455. The monoisotopic (exact) mass is 256 g/mol. The molecule has 1 aromatic carbocycles. The smallest absolute Gasteiger partial charge is 0.0352 e. The van der Waals surface area contributed by atoms with E-state index < -0.39 is 0 Å². The highest BCUT2D eigenvalue weighted by Gasteiger charge is 1.96. The molecule has 0 saturated carbocycles. The van der Waals surface area contributed by atoms with Crippen molar-refractivity contribution in [3.8, 4) is 0 Å². The number of hydrogen-bond acceptors (Lipinski definition) is 2. The SMILES string of the molecule is Cc1ccc(NCCN(C)C)cc1Br. The zero-order valence-corrected chi connectivity index (χ0v) is 10.6. The second-order valence-corrected chi connectivity index (χ2v) is 4.55. The molecule has 0 amide bonds. The maximum atomic E-state index is 3.52. The Morgan fingerprint density at radius 3 is 2.64 bits per heavy atom. The fourth-order valence-corrected chi connectivity index (χ4v) is 1.51. The third kappa shape index (κ3) is 3.68. The van der Waals surface area contributed by atoms with Crippen molar-refractivity contribution in [3.05, 3.63) is 28.2 Å². The maximum Gasteiger partial charge on any atom is 0.0352 e. The summed E-state index contributed by atoms with van der Waals surface area (Å²) < 4.78 is 1.16. The van der Waals surface area contributed by atoms with E-state index >= 15 is 0 Å². The topological polar surface area (TPSA) is 15.3 Å². The second-order valence-electron chi connectivity index (χ2n) is 3.69. The van der Waals surface area contributed by atoms with E-state index in [9.17, 15) is 0 Å². The predicted octanol–water partition coefficient (Wildman–Crippen LogP) is 2.73. The Kier molecular flexibility index (Phi) is 4.42. The zero-order valence-electron chi connectivity index (χ0n) is 8.97. The van der Waals surface area contributed by atoms with E-state index in [1.165, 1.54) is 11.3 Å². The maximum absolute atomic E-state index is 3.52. The van der Waals surface area contributed by atoms with Crippen molar-refractivity contribution < 1.29 is 0 Å². The molecule has 0 aliphatic heterocycles. The molecule has 14 heavy (non-hydrogen) atoms. The van der Waals surface area contributed by atoms with E-state index in [2.05, 4.69) is 65.4 Å². The molecule has 0 heterocycles. The number of benzene rings is 1. The molecule has 0 aliphatic rings. The van der Waals surface area contributed by atoms with Crippen molar-refractivity contribution in [2.24, 2.45) is 0 Å². The number of aryl methyl sites for hydroxylation is 1. The highest BCUT2D eigenvalue weighted by atomic mass is 79.9. The van der Waals surface area contributed by atoms with Crippen molar-refractivity contribution in [1.29, 1.82) is 0 Å². The second kappa shape index (κ2) is 5.37.